The molecule has 24 heavy (non-hydrogen) atoms. The van der Waals surface area contributed by atoms with Crippen LogP contribution in [0.15, 0.2) is 0 Å². The topological polar surface area (TPSA) is 71.3 Å². The SMILES string of the molecule is Cc1nc(C)n([C@@H]2CCCN(C(=O)[C@@H]3CC(=O)N(C4CC4)C3)C2)n1. The molecular formula is C17H25N5O2. The van der Waals surface area contributed by atoms with E-state index < -0.39 is 0 Å². The van der Waals surface area contributed by atoms with Crippen LogP contribution in [0.3, 0.4) is 0 Å². The highest BCUT2D eigenvalue weighted by atomic mass is 16.2. The van der Waals surface area contributed by atoms with E-state index in [1.165, 1.54) is 0 Å². The fourth-order valence-electron chi connectivity index (χ4n) is 4.13. The fourth-order valence-corrected chi connectivity index (χ4v) is 4.13. The summed E-state index contributed by atoms with van der Waals surface area (Å²) < 4.78 is 1.96. The van der Waals surface area contributed by atoms with Gasteiger partial charge < -0.3 is 9.80 Å². The van der Waals surface area contributed by atoms with Gasteiger partial charge >= 0.3 is 0 Å². The number of likely N-dealkylation sites (tertiary alicyclic amines) is 2. The van der Waals surface area contributed by atoms with Crippen molar-refractivity contribution in [2.45, 2.75) is 58.0 Å². The van der Waals surface area contributed by atoms with Crippen LogP contribution in [-0.4, -0.2) is 62.1 Å². The van der Waals surface area contributed by atoms with Crippen LogP contribution in [0.5, 0.6) is 0 Å². The van der Waals surface area contributed by atoms with Crippen molar-refractivity contribution in [3.63, 3.8) is 0 Å². The van der Waals surface area contributed by atoms with Crippen LogP contribution in [0.1, 0.15) is 49.8 Å². The molecule has 0 unspecified atom stereocenters. The Balaban J connectivity index is 1.43. The van der Waals surface area contributed by atoms with Crippen molar-refractivity contribution < 1.29 is 9.59 Å². The van der Waals surface area contributed by atoms with Crippen molar-refractivity contribution in [2.75, 3.05) is 19.6 Å². The summed E-state index contributed by atoms with van der Waals surface area (Å²) in [5.74, 6) is 1.83. The smallest absolute Gasteiger partial charge is 0.228 e. The molecule has 7 nitrogen and oxygen atoms in total. The highest BCUT2D eigenvalue weighted by molar-refractivity contribution is 5.89. The van der Waals surface area contributed by atoms with E-state index in [1.54, 1.807) is 0 Å². The van der Waals surface area contributed by atoms with Crippen molar-refractivity contribution in [1.82, 2.24) is 24.6 Å². The molecule has 1 aromatic rings. The minimum absolute atomic E-state index is 0.144. The van der Waals surface area contributed by atoms with E-state index >= 15 is 0 Å². The summed E-state index contributed by atoms with van der Waals surface area (Å²) in [7, 11) is 0. The summed E-state index contributed by atoms with van der Waals surface area (Å²) in [4.78, 5) is 33.3. The molecule has 1 aliphatic carbocycles. The third kappa shape index (κ3) is 2.80. The number of rotatable bonds is 3. The molecular weight excluding hydrogens is 306 g/mol. The Kier molecular flexibility index (Phi) is 3.81. The van der Waals surface area contributed by atoms with Crippen LogP contribution in [-0.2, 0) is 9.59 Å². The molecule has 1 aromatic heterocycles. The first-order chi connectivity index (χ1) is 11.5. The van der Waals surface area contributed by atoms with Crippen LogP contribution >= 0.6 is 0 Å². The fraction of sp³-hybridized carbons (Fsp3) is 0.765. The number of carbonyl (C=O) groups excluding carboxylic acids is 2. The summed E-state index contributed by atoms with van der Waals surface area (Å²) >= 11 is 0. The second-order valence-corrected chi connectivity index (χ2v) is 7.41. The number of aryl methyl sites for hydroxylation is 2. The minimum Gasteiger partial charge on any atom is -0.340 e. The van der Waals surface area contributed by atoms with E-state index in [-0.39, 0.29) is 23.8 Å². The number of amides is 2. The molecule has 2 atom stereocenters. The molecule has 3 fully saturated rings. The van der Waals surface area contributed by atoms with Crippen LogP contribution in [0.2, 0.25) is 0 Å². The summed E-state index contributed by atoms with van der Waals surface area (Å²) in [6.45, 7) is 5.94. The van der Waals surface area contributed by atoms with Gasteiger partial charge in [-0.05, 0) is 39.5 Å². The van der Waals surface area contributed by atoms with Gasteiger partial charge in [-0.15, -0.1) is 0 Å². The van der Waals surface area contributed by atoms with Gasteiger partial charge in [0.05, 0.1) is 12.0 Å². The lowest BCUT2D eigenvalue weighted by Crippen LogP contribution is -2.44. The van der Waals surface area contributed by atoms with Crippen molar-refractivity contribution in [3.8, 4) is 0 Å². The van der Waals surface area contributed by atoms with Gasteiger partial charge in [0.1, 0.15) is 11.6 Å². The molecule has 1 saturated carbocycles. The maximum atomic E-state index is 12.9. The molecule has 2 aliphatic heterocycles. The van der Waals surface area contributed by atoms with E-state index in [0.717, 1.165) is 43.9 Å². The van der Waals surface area contributed by atoms with Crippen LogP contribution in [0, 0.1) is 19.8 Å². The molecule has 0 radical (unpaired) electrons. The van der Waals surface area contributed by atoms with Crippen molar-refractivity contribution >= 4 is 11.8 Å². The monoisotopic (exact) mass is 331 g/mol. The zero-order chi connectivity index (χ0) is 16.8. The van der Waals surface area contributed by atoms with Crippen LogP contribution < -0.4 is 0 Å². The third-order valence-corrected chi connectivity index (χ3v) is 5.46. The Bertz CT molecular complexity index is 666. The summed E-state index contributed by atoms with van der Waals surface area (Å²) in [5.41, 5.74) is 0. The molecule has 2 amide bonds. The van der Waals surface area contributed by atoms with Crippen LogP contribution in [0.4, 0.5) is 0 Å². The van der Waals surface area contributed by atoms with Gasteiger partial charge in [0.2, 0.25) is 11.8 Å². The highest BCUT2D eigenvalue weighted by Gasteiger charge is 2.43. The lowest BCUT2D eigenvalue weighted by molar-refractivity contribution is -0.137. The largest absolute Gasteiger partial charge is 0.340 e. The maximum Gasteiger partial charge on any atom is 0.228 e. The molecule has 0 bridgehead atoms. The predicted molar refractivity (Wildman–Crippen MR) is 87.2 cm³/mol. The van der Waals surface area contributed by atoms with E-state index in [2.05, 4.69) is 10.1 Å². The minimum atomic E-state index is -0.157. The van der Waals surface area contributed by atoms with E-state index in [1.807, 2.05) is 28.3 Å². The number of hydrogen-bond acceptors (Lipinski definition) is 4. The normalized spacial score (nSPS) is 27.8. The average molecular weight is 331 g/mol. The first-order valence-electron chi connectivity index (χ1n) is 9.01. The maximum absolute atomic E-state index is 12.9. The summed E-state index contributed by atoms with van der Waals surface area (Å²) in [6.07, 6.45) is 4.58. The van der Waals surface area contributed by atoms with E-state index in [0.29, 0.717) is 25.6 Å². The molecule has 3 aliphatic rings. The van der Waals surface area contributed by atoms with Gasteiger partial charge in [0.15, 0.2) is 0 Å². The van der Waals surface area contributed by atoms with Gasteiger partial charge in [0, 0.05) is 32.1 Å². The zero-order valence-electron chi connectivity index (χ0n) is 14.4. The van der Waals surface area contributed by atoms with Gasteiger partial charge in [-0.2, -0.15) is 5.10 Å². The number of aromatic nitrogens is 3. The number of carbonyl (C=O) groups is 2. The van der Waals surface area contributed by atoms with Gasteiger partial charge in [-0.25, -0.2) is 9.67 Å². The number of piperidine rings is 1. The first kappa shape index (κ1) is 15.6. The molecule has 2 saturated heterocycles. The van der Waals surface area contributed by atoms with Gasteiger partial charge in [0.25, 0.3) is 0 Å². The Morgan fingerprint density at radius 2 is 1.92 bits per heavy atom. The van der Waals surface area contributed by atoms with E-state index in [9.17, 15) is 9.59 Å². The third-order valence-electron chi connectivity index (χ3n) is 5.46. The second kappa shape index (κ2) is 5.86. The molecule has 3 heterocycles. The lowest BCUT2D eigenvalue weighted by Gasteiger charge is -2.34. The first-order valence-corrected chi connectivity index (χ1v) is 9.01. The van der Waals surface area contributed by atoms with Crippen molar-refractivity contribution in [1.29, 1.82) is 0 Å². The second-order valence-electron chi connectivity index (χ2n) is 7.41. The average Bonchev–Trinajstić information content (AvgIpc) is 3.25. The van der Waals surface area contributed by atoms with Gasteiger partial charge in [-0.1, -0.05) is 0 Å². The number of nitrogens with zero attached hydrogens (tertiary/aromatic N) is 5. The molecule has 7 heteroatoms. The summed E-state index contributed by atoms with van der Waals surface area (Å²) in [5, 5.41) is 4.49. The Morgan fingerprint density at radius 1 is 1.12 bits per heavy atom. The standard InChI is InChI=1S/C17H25N5O2/c1-11-18-12(2)22(19-11)15-4-3-7-20(10-15)17(24)13-8-16(23)21(9-13)14-5-6-14/h13-15H,3-10H2,1-2H3/t13-,15-/m1/s1. The van der Waals surface area contributed by atoms with Gasteiger partial charge in [-0.3, -0.25) is 9.59 Å². The Hall–Kier alpha value is -1.92. The molecule has 0 N–H and O–H groups in total. The Labute approximate surface area is 142 Å². The molecule has 130 valence electrons. The van der Waals surface area contributed by atoms with Crippen LogP contribution in [0.25, 0.3) is 0 Å². The van der Waals surface area contributed by atoms with E-state index in [4.69, 9.17) is 0 Å². The Morgan fingerprint density at radius 3 is 2.58 bits per heavy atom. The van der Waals surface area contributed by atoms with Crippen molar-refractivity contribution in [3.05, 3.63) is 11.6 Å². The molecule has 0 spiro atoms. The number of hydrogen-bond donors (Lipinski definition) is 0. The van der Waals surface area contributed by atoms with Crippen molar-refractivity contribution in [2.24, 2.45) is 5.92 Å². The highest BCUT2D eigenvalue weighted by Crippen LogP contribution is 2.34. The quantitative estimate of drug-likeness (QED) is 0.831. The molecule has 4 rings (SSSR count). The lowest BCUT2D eigenvalue weighted by atomic mass is 10.0. The predicted octanol–water partition coefficient (Wildman–Crippen LogP) is 1.07. The summed E-state index contributed by atoms with van der Waals surface area (Å²) in [6, 6.07) is 0.603. The molecule has 0 aromatic carbocycles. The zero-order valence-corrected chi connectivity index (χ0v) is 14.4.